The molecule has 0 aliphatic carbocycles. The summed E-state index contributed by atoms with van der Waals surface area (Å²) in [5, 5.41) is 6.59. The molecule has 0 aromatic carbocycles. The minimum Gasteiger partial charge on any atom is -0.385 e. The number of aromatic nitrogens is 1. The Labute approximate surface area is 114 Å². The average molecular weight is 272 g/mol. The van der Waals surface area contributed by atoms with E-state index in [-0.39, 0.29) is 0 Å². The summed E-state index contributed by atoms with van der Waals surface area (Å²) in [6.07, 6.45) is 0.934. The van der Waals surface area contributed by atoms with Gasteiger partial charge in [-0.3, -0.25) is 0 Å². The van der Waals surface area contributed by atoms with Crippen molar-refractivity contribution in [1.82, 2.24) is 10.3 Å². The highest BCUT2D eigenvalue weighted by Gasteiger charge is 2.02. The van der Waals surface area contributed by atoms with Crippen molar-refractivity contribution in [3.8, 4) is 0 Å². The number of rotatable bonds is 10. The Morgan fingerprint density at radius 1 is 1.39 bits per heavy atom. The van der Waals surface area contributed by atoms with Gasteiger partial charge >= 0.3 is 0 Å². The third kappa shape index (κ3) is 7.06. The summed E-state index contributed by atoms with van der Waals surface area (Å²) in [6, 6.07) is 0. The first-order chi connectivity index (χ1) is 8.72. The highest BCUT2D eigenvalue weighted by Crippen LogP contribution is 2.10. The third-order valence-electron chi connectivity index (χ3n) is 2.32. The Kier molecular flexibility index (Phi) is 8.17. The maximum Gasteiger partial charge on any atom is 0.107 e. The van der Waals surface area contributed by atoms with E-state index in [1.165, 1.54) is 0 Å². The fourth-order valence-corrected chi connectivity index (χ4v) is 2.19. The smallest absolute Gasteiger partial charge is 0.107 e. The zero-order valence-corrected chi connectivity index (χ0v) is 12.4. The van der Waals surface area contributed by atoms with Gasteiger partial charge in [-0.15, -0.1) is 11.3 Å². The molecule has 1 rings (SSSR count). The van der Waals surface area contributed by atoms with Crippen molar-refractivity contribution < 1.29 is 9.47 Å². The molecule has 0 radical (unpaired) electrons. The SMILES string of the molecule is COCCCOCc1csc(CNCC(C)C)n1. The Morgan fingerprint density at radius 3 is 2.94 bits per heavy atom. The zero-order chi connectivity index (χ0) is 13.2. The van der Waals surface area contributed by atoms with Crippen LogP contribution in [0.4, 0.5) is 0 Å². The second-order valence-corrected chi connectivity index (χ2v) is 5.60. The molecule has 18 heavy (non-hydrogen) atoms. The van der Waals surface area contributed by atoms with E-state index in [4.69, 9.17) is 9.47 Å². The molecule has 1 aromatic heterocycles. The van der Waals surface area contributed by atoms with Crippen LogP contribution < -0.4 is 5.32 Å². The first kappa shape index (κ1) is 15.6. The van der Waals surface area contributed by atoms with Gasteiger partial charge < -0.3 is 14.8 Å². The van der Waals surface area contributed by atoms with Crippen molar-refractivity contribution in [1.29, 1.82) is 0 Å². The van der Waals surface area contributed by atoms with Crippen LogP contribution in [0.2, 0.25) is 0 Å². The fourth-order valence-electron chi connectivity index (χ4n) is 1.45. The molecule has 0 unspecified atom stereocenters. The first-order valence-corrected chi connectivity index (χ1v) is 7.31. The topological polar surface area (TPSA) is 43.4 Å². The number of hydrogen-bond acceptors (Lipinski definition) is 5. The van der Waals surface area contributed by atoms with Crippen molar-refractivity contribution in [2.24, 2.45) is 5.92 Å². The predicted molar refractivity (Wildman–Crippen MR) is 74.8 cm³/mol. The molecule has 0 bridgehead atoms. The van der Waals surface area contributed by atoms with E-state index < -0.39 is 0 Å². The van der Waals surface area contributed by atoms with E-state index in [9.17, 15) is 0 Å². The third-order valence-corrected chi connectivity index (χ3v) is 3.21. The summed E-state index contributed by atoms with van der Waals surface area (Å²) < 4.78 is 10.5. The van der Waals surface area contributed by atoms with Crippen molar-refractivity contribution in [2.75, 3.05) is 26.9 Å². The average Bonchev–Trinajstić information content (AvgIpc) is 2.76. The van der Waals surface area contributed by atoms with Gasteiger partial charge in [-0.2, -0.15) is 0 Å². The lowest BCUT2D eigenvalue weighted by Crippen LogP contribution is -2.18. The molecule has 0 fully saturated rings. The van der Waals surface area contributed by atoms with Crippen molar-refractivity contribution in [2.45, 2.75) is 33.4 Å². The molecule has 104 valence electrons. The number of thiazole rings is 1. The Morgan fingerprint density at radius 2 is 2.22 bits per heavy atom. The summed E-state index contributed by atoms with van der Waals surface area (Å²) >= 11 is 1.69. The van der Waals surface area contributed by atoms with Crippen LogP contribution >= 0.6 is 11.3 Å². The quantitative estimate of drug-likeness (QED) is 0.664. The van der Waals surface area contributed by atoms with Crippen LogP contribution in [0.25, 0.3) is 0 Å². The van der Waals surface area contributed by atoms with Gasteiger partial charge in [-0.1, -0.05) is 13.8 Å². The maximum absolute atomic E-state index is 5.52. The van der Waals surface area contributed by atoms with E-state index in [0.29, 0.717) is 12.5 Å². The van der Waals surface area contributed by atoms with Gasteiger partial charge in [-0.25, -0.2) is 4.98 Å². The van der Waals surface area contributed by atoms with E-state index in [0.717, 1.165) is 43.4 Å². The van der Waals surface area contributed by atoms with Gasteiger partial charge in [0, 0.05) is 32.2 Å². The van der Waals surface area contributed by atoms with Gasteiger partial charge in [0.15, 0.2) is 0 Å². The molecule has 1 aromatic rings. The van der Waals surface area contributed by atoms with Gasteiger partial charge in [0.25, 0.3) is 0 Å². The number of nitrogens with zero attached hydrogens (tertiary/aromatic N) is 1. The molecule has 0 spiro atoms. The highest BCUT2D eigenvalue weighted by molar-refractivity contribution is 7.09. The summed E-state index contributed by atoms with van der Waals surface area (Å²) in [5.41, 5.74) is 1.03. The van der Waals surface area contributed by atoms with Gasteiger partial charge in [0.1, 0.15) is 5.01 Å². The molecule has 0 aliphatic rings. The summed E-state index contributed by atoms with van der Waals surface area (Å²) in [6.45, 7) is 8.37. The highest BCUT2D eigenvalue weighted by atomic mass is 32.1. The summed E-state index contributed by atoms with van der Waals surface area (Å²) in [4.78, 5) is 4.52. The van der Waals surface area contributed by atoms with Gasteiger partial charge in [0.05, 0.1) is 12.3 Å². The molecule has 0 aliphatic heterocycles. The molecular formula is C13H24N2O2S. The molecule has 5 heteroatoms. The lowest BCUT2D eigenvalue weighted by Gasteiger charge is -2.04. The number of methoxy groups -OCH3 is 1. The molecule has 4 nitrogen and oxygen atoms in total. The monoisotopic (exact) mass is 272 g/mol. The van der Waals surface area contributed by atoms with Crippen molar-refractivity contribution in [3.63, 3.8) is 0 Å². The standard InChI is InChI=1S/C13H24N2O2S/c1-11(2)7-14-8-13-15-12(10-18-13)9-17-6-4-5-16-3/h10-11,14H,4-9H2,1-3H3. The van der Waals surface area contributed by atoms with Crippen molar-refractivity contribution in [3.05, 3.63) is 16.1 Å². The Bertz CT molecular complexity index is 316. The lowest BCUT2D eigenvalue weighted by atomic mass is 10.2. The van der Waals surface area contributed by atoms with E-state index in [1.54, 1.807) is 18.4 Å². The molecule has 0 atom stereocenters. The van der Waals surface area contributed by atoms with E-state index in [2.05, 4.69) is 29.5 Å². The second kappa shape index (κ2) is 9.44. The minimum absolute atomic E-state index is 0.602. The Hall–Kier alpha value is -0.490. The van der Waals surface area contributed by atoms with Crippen LogP contribution in [-0.2, 0) is 22.6 Å². The largest absolute Gasteiger partial charge is 0.385 e. The Balaban J connectivity index is 2.13. The number of ether oxygens (including phenoxy) is 2. The van der Waals surface area contributed by atoms with E-state index in [1.807, 2.05) is 0 Å². The molecule has 0 saturated heterocycles. The van der Waals surface area contributed by atoms with Gasteiger partial charge in [0.2, 0.25) is 0 Å². The van der Waals surface area contributed by atoms with E-state index >= 15 is 0 Å². The fraction of sp³-hybridized carbons (Fsp3) is 0.769. The normalized spacial score (nSPS) is 11.3. The minimum atomic E-state index is 0.602. The zero-order valence-electron chi connectivity index (χ0n) is 11.6. The molecule has 1 heterocycles. The number of nitrogens with one attached hydrogen (secondary N) is 1. The van der Waals surface area contributed by atoms with Gasteiger partial charge in [-0.05, 0) is 18.9 Å². The van der Waals surface area contributed by atoms with Crippen LogP contribution in [0, 0.1) is 5.92 Å². The molecular weight excluding hydrogens is 248 g/mol. The molecule has 0 saturated carbocycles. The molecule has 1 N–H and O–H groups in total. The van der Waals surface area contributed by atoms with Crippen LogP contribution in [0.1, 0.15) is 31.0 Å². The summed E-state index contributed by atoms with van der Waals surface area (Å²) in [7, 11) is 1.71. The van der Waals surface area contributed by atoms with Crippen LogP contribution in [-0.4, -0.2) is 31.9 Å². The van der Waals surface area contributed by atoms with Crippen molar-refractivity contribution >= 4 is 11.3 Å². The predicted octanol–water partition coefficient (Wildman–Crippen LogP) is 2.44. The first-order valence-electron chi connectivity index (χ1n) is 6.43. The van der Waals surface area contributed by atoms with Crippen LogP contribution in [0.3, 0.4) is 0 Å². The molecule has 0 amide bonds. The van der Waals surface area contributed by atoms with Crippen LogP contribution in [0.5, 0.6) is 0 Å². The summed E-state index contributed by atoms with van der Waals surface area (Å²) in [5.74, 6) is 0.675. The lowest BCUT2D eigenvalue weighted by molar-refractivity contribution is 0.0912. The second-order valence-electron chi connectivity index (χ2n) is 4.66. The van der Waals surface area contributed by atoms with Crippen LogP contribution in [0.15, 0.2) is 5.38 Å². The number of hydrogen-bond donors (Lipinski definition) is 1. The maximum atomic E-state index is 5.52.